The molecular weight excluding hydrogens is 347 g/mol. The summed E-state index contributed by atoms with van der Waals surface area (Å²) in [6.07, 6.45) is 0.757. The fraction of sp³-hybridized carbons (Fsp3) is 0.200. The van der Waals surface area contributed by atoms with Crippen LogP contribution in [0.15, 0.2) is 42.5 Å². The van der Waals surface area contributed by atoms with E-state index in [0.29, 0.717) is 10.0 Å². The Hall–Kier alpha value is -0.700. The molecular formula is C15H13BrCl2O. The Balaban J connectivity index is 2.28. The van der Waals surface area contributed by atoms with Gasteiger partial charge in [-0.2, -0.15) is 0 Å². The van der Waals surface area contributed by atoms with E-state index in [1.54, 1.807) is 7.11 Å². The molecule has 0 saturated heterocycles. The lowest BCUT2D eigenvalue weighted by Gasteiger charge is -2.15. The number of methoxy groups -OCH3 is 1. The minimum absolute atomic E-state index is 0.0463. The molecule has 0 fully saturated rings. The summed E-state index contributed by atoms with van der Waals surface area (Å²) < 4.78 is 5.36. The van der Waals surface area contributed by atoms with Crippen LogP contribution in [0.5, 0.6) is 5.75 Å². The zero-order valence-electron chi connectivity index (χ0n) is 10.4. The van der Waals surface area contributed by atoms with Gasteiger partial charge in [0.1, 0.15) is 5.75 Å². The molecule has 1 unspecified atom stereocenters. The molecule has 0 aliphatic carbocycles. The fourth-order valence-electron chi connectivity index (χ4n) is 1.98. The lowest BCUT2D eigenvalue weighted by atomic mass is 10.0. The van der Waals surface area contributed by atoms with Gasteiger partial charge in [-0.3, -0.25) is 0 Å². The molecule has 2 aromatic carbocycles. The molecule has 0 N–H and O–H groups in total. The summed E-state index contributed by atoms with van der Waals surface area (Å²) >= 11 is 16.1. The highest BCUT2D eigenvalue weighted by atomic mass is 79.9. The molecule has 0 saturated carbocycles. The molecule has 19 heavy (non-hydrogen) atoms. The van der Waals surface area contributed by atoms with E-state index < -0.39 is 0 Å². The number of benzene rings is 2. The van der Waals surface area contributed by atoms with E-state index in [9.17, 15) is 0 Å². The lowest BCUT2D eigenvalue weighted by molar-refractivity contribution is 0.409. The van der Waals surface area contributed by atoms with Gasteiger partial charge in [0.2, 0.25) is 0 Å². The number of hydrogen-bond donors (Lipinski definition) is 0. The fourth-order valence-corrected chi connectivity index (χ4v) is 3.74. The molecule has 2 aromatic rings. The molecule has 0 heterocycles. The Bertz CT molecular complexity index is 552. The summed E-state index contributed by atoms with van der Waals surface area (Å²) in [5, 5.41) is 1.34. The Labute approximate surface area is 131 Å². The van der Waals surface area contributed by atoms with Crippen molar-refractivity contribution >= 4 is 39.1 Å². The van der Waals surface area contributed by atoms with Crippen LogP contribution in [-0.2, 0) is 6.42 Å². The Kier molecular flexibility index (Phi) is 5.14. The first kappa shape index (κ1) is 14.7. The van der Waals surface area contributed by atoms with Crippen molar-refractivity contribution in [3.05, 3.63) is 63.6 Å². The van der Waals surface area contributed by atoms with Crippen molar-refractivity contribution in [2.24, 2.45) is 0 Å². The van der Waals surface area contributed by atoms with Gasteiger partial charge in [-0.15, -0.1) is 0 Å². The Morgan fingerprint density at radius 2 is 1.68 bits per heavy atom. The van der Waals surface area contributed by atoms with Crippen molar-refractivity contribution in [3.63, 3.8) is 0 Å². The van der Waals surface area contributed by atoms with Crippen LogP contribution in [0.25, 0.3) is 0 Å². The smallest absolute Gasteiger partial charge is 0.122 e. The SMILES string of the molecule is COc1ccccc1CC(Br)c1c(Cl)cccc1Cl. The first-order valence-electron chi connectivity index (χ1n) is 5.83. The normalized spacial score (nSPS) is 12.2. The van der Waals surface area contributed by atoms with E-state index in [2.05, 4.69) is 15.9 Å². The highest BCUT2D eigenvalue weighted by Gasteiger charge is 2.17. The van der Waals surface area contributed by atoms with Gasteiger partial charge in [0.15, 0.2) is 0 Å². The van der Waals surface area contributed by atoms with Crippen LogP contribution in [0.2, 0.25) is 10.0 Å². The van der Waals surface area contributed by atoms with Gasteiger partial charge in [-0.05, 0) is 30.2 Å². The van der Waals surface area contributed by atoms with Crippen molar-refractivity contribution in [3.8, 4) is 5.75 Å². The maximum absolute atomic E-state index is 6.22. The van der Waals surface area contributed by atoms with Gasteiger partial charge < -0.3 is 4.74 Å². The molecule has 0 aliphatic rings. The number of para-hydroxylation sites is 1. The monoisotopic (exact) mass is 358 g/mol. The summed E-state index contributed by atoms with van der Waals surface area (Å²) in [5.74, 6) is 0.870. The van der Waals surface area contributed by atoms with Crippen LogP contribution in [-0.4, -0.2) is 7.11 Å². The van der Waals surface area contributed by atoms with Crippen LogP contribution in [0.3, 0.4) is 0 Å². The standard InChI is InChI=1S/C15H13BrCl2O/c1-19-14-8-3-2-5-10(14)9-11(16)15-12(17)6-4-7-13(15)18/h2-8,11H,9H2,1H3. The minimum atomic E-state index is 0.0463. The molecule has 1 atom stereocenters. The van der Waals surface area contributed by atoms with E-state index in [0.717, 1.165) is 23.3 Å². The maximum atomic E-state index is 6.22. The van der Waals surface area contributed by atoms with Crippen molar-refractivity contribution in [2.75, 3.05) is 7.11 Å². The second-order valence-corrected chi connectivity index (χ2v) is 6.04. The number of halogens is 3. The van der Waals surface area contributed by atoms with E-state index in [4.69, 9.17) is 27.9 Å². The summed E-state index contributed by atoms with van der Waals surface area (Å²) in [5.41, 5.74) is 2.03. The number of alkyl halides is 1. The highest BCUT2D eigenvalue weighted by Crippen LogP contribution is 2.38. The van der Waals surface area contributed by atoms with E-state index in [1.807, 2.05) is 42.5 Å². The Morgan fingerprint density at radius 3 is 2.32 bits per heavy atom. The molecule has 1 nitrogen and oxygen atoms in total. The van der Waals surface area contributed by atoms with E-state index >= 15 is 0 Å². The second kappa shape index (κ2) is 6.65. The summed E-state index contributed by atoms with van der Waals surface area (Å²) in [4.78, 5) is 0.0463. The third kappa shape index (κ3) is 3.44. The molecule has 0 spiro atoms. The highest BCUT2D eigenvalue weighted by molar-refractivity contribution is 9.09. The van der Waals surface area contributed by atoms with Gasteiger partial charge in [0.25, 0.3) is 0 Å². The summed E-state index contributed by atoms with van der Waals surface area (Å²) in [6.45, 7) is 0. The number of ether oxygens (including phenoxy) is 1. The Morgan fingerprint density at radius 1 is 1.05 bits per heavy atom. The second-order valence-electron chi connectivity index (χ2n) is 4.12. The zero-order chi connectivity index (χ0) is 13.8. The largest absolute Gasteiger partial charge is 0.496 e. The average Bonchev–Trinajstić information content (AvgIpc) is 2.39. The quantitative estimate of drug-likeness (QED) is 0.638. The lowest BCUT2D eigenvalue weighted by Crippen LogP contribution is -1.99. The van der Waals surface area contributed by atoms with Crippen molar-refractivity contribution in [2.45, 2.75) is 11.2 Å². The van der Waals surface area contributed by atoms with Gasteiger partial charge in [-0.1, -0.05) is 63.4 Å². The van der Waals surface area contributed by atoms with Crippen LogP contribution in [0, 0.1) is 0 Å². The third-order valence-corrected chi connectivity index (χ3v) is 4.35. The average molecular weight is 360 g/mol. The van der Waals surface area contributed by atoms with Gasteiger partial charge in [-0.25, -0.2) is 0 Å². The van der Waals surface area contributed by atoms with Gasteiger partial charge in [0, 0.05) is 20.4 Å². The number of hydrogen-bond acceptors (Lipinski definition) is 1. The van der Waals surface area contributed by atoms with Crippen LogP contribution in [0.1, 0.15) is 16.0 Å². The zero-order valence-corrected chi connectivity index (χ0v) is 13.5. The molecule has 0 aromatic heterocycles. The predicted octanol–water partition coefficient (Wildman–Crippen LogP) is 5.68. The molecule has 0 aliphatic heterocycles. The third-order valence-electron chi connectivity index (χ3n) is 2.90. The van der Waals surface area contributed by atoms with Crippen LogP contribution < -0.4 is 4.74 Å². The molecule has 0 radical (unpaired) electrons. The van der Waals surface area contributed by atoms with Crippen LogP contribution >= 0.6 is 39.1 Å². The topological polar surface area (TPSA) is 9.23 Å². The number of rotatable bonds is 4. The van der Waals surface area contributed by atoms with Gasteiger partial charge in [0.05, 0.1) is 7.11 Å². The maximum Gasteiger partial charge on any atom is 0.122 e. The van der Waals surface area contributed by atoms with Gasteiger partial charge >= 0.3 is 0 Å². The molecule has 0 amide bonds. The van der Waals surface area contributed by atoms with Crippen LogP contribution in [0.4, 0.5) is 0 Å². The molecule has 0 bridgehead atoms. The van der Waals surface area contributed by atoms with E-state index in [-0.39, 0.29) is 4.83 Å². The summed E-state index contributed by atoms with van der Waals surface area (Å²) in [6, 6.07) is 13.5. The first-order chi connectivity index (χ1) is 9.13. The molecule has 4 heteroatoms. The van der Waals surface area contributed by atoms with Crippen molar-refractivity contribution in [1.82, 2.24) is 0 Å². The van der Waals surface area contributed by atoms with E-state index in [1.165, 1.54) is 0 Å². The first-order valence-corrected chi connectivity index (χ1v) is 7.50. The predicted molar refractivity (Wildman–Crippen MR) is 84.8 cm³/mol. The molecule has 2 rings (SSSR count). The van der Waals surface area contributed by atoms with Crippen molar-refractivity contribution in [1.29, 1.82) is 0 Å². The minimum Gasteiger partial charge on any atom is -0.496 e. The molecule has 100 valence electrons. The van der Waals surface area contributed by atoms with Crippen molar-refractivity contribution < 1.29 is 4.74 Å². The summed E-state index contributed by atoms with van der Waals surface area (Å²) in [7, 11) is 1.67.